The molecule has 2 atom stereocenters. The highest BCUT2D eigenvalue weighted by atomic mass is 15.2. The smallest absolute Gasteiger partial charge is 0.0573 e. The second-order valence-corrected chi connectivity index (χ2v) is 5.75. The molecule has 0 bridgehead atoms. The number of aryl methyl sites for hydroxylation is 1. The highest BCUT2D eigenvalue weighted by Gasteiger charge is 2.30. The number of nitrogens with zero attached hydrogens (tertiary/aromatic N) is 2. The average molecular weight is 245 g/mol. The molecule has 2 aliphatic heterocycles. The summed E-state index contributed by atoms with van der Waals surface area (Å²) in [4.78, 5) is 7.11. The van der Waals surface area contributed by atoms with Crippen molar-refractivity contribution in [3.63, 3.8) is 0 Å². The molecular weight excluding hydrogens is 222 g/mol. The molecule has 0 amide bonds. The van der Waals surface area contributed by atoms with Crippen LogP contribution in [-0.2, 0) is 6.54 Å². The van der Waals surface area contributed by atoms with Crippen LogP contribution in [0, 0.1) is 12.8 Å². The van der Waals surface area contributed by atoms with E-state index < -0.39 is 0 Å². The fourth-order valence-corrected chi connectivity index (χ4v) is 3.36. The van der Waals surface area contributed by atoms with Gasteiger partial charge in [-0.15, -0.1) is 0 Å². The van der Waals surface area contributed by atoms with Gasteiger partial charge in [0.1, 0.15) is 0 Å². The lowest BCUT2D eigenvalue weighted by Gasteiger charge is -2.41. The topological polar surface area (TPSA) is 28.2 Å². The Morgan fingerprint density at radius 3 is 3.28 bits per heavy atom. The van der Waals surface area contributed by atoms with Crippen LogP contribution < -0.4 is 5.32 Å². The van der Waals surface area contributed by atoms with E-state index in [0.29, 0.717) is 0 Å². The highest BCUT2D eigenvalue weighted by Crippen LogP contribution is 2.25. The van der Waals surface area contributed by atoms with Crippen molar-refractivity contribution in [2.75, 3.05) is 19.6 Å². The molecule has 0 radical (unpaired) electrons. The van der Waals surface area contributed by atoms with Crippen LogP contribution in [0.2, 0.25) is 0 Å². The lowest BCUT2D eigenvalue weighted by molar-refractivity contribution is 0.108. The predicted molar refractivity (Wildman–Crippen MR) is 73.4 cm³/mol. The molecule has 3 heteroatoms. The summed E-state index contributed by atoms with van der Waals surface area (Å²) < 4.78 is 0. The van der Waals surface area contributed by atoms with Crippen LogP contribution in [-0.4, -0.2) is 35.6 Å². The Hall–Kier alpha value is -0.930. The second-order valence-electron chi connectivity index (χ2n) is 5.75. The van der Waals surface area contributed by atoms with Crippen molar-refractivity contribution in [2.24, 2.45) is 5.92 Å². The van der Waals surface area contributed by atoms with E-state index in [2.05, 4.69) is 28.2 Å². The van der Waals surface area contributed by atoms with E-state index in [-0.39, 0.29) is 0 Å². The monoisotopic (exact) mass is 245 g/mol. The fraction of sp³-hybridized carbons (Fsp3) is 0.667. The number of rotatable bonds is 2. The molecule has 2 fully saturated rings. The van der Waals surface area contributed by atoms with Crippen molar-refractivity contribution in [1.82, 2.24) is 15.2 Å². The van der Waals surface area contributed by atoms with Gasteiger partial charge in [-0.05, 0) is 50.3 Å². The van der Waals surface area contributed by atoms with Crippen molar-refractivity contribution < 1.29 is 0 Å². The van der Waals surface area contributed by atoms with E-state index in [1.165, 1.54) is 50.2 Å². The van der Waals surface area contributed by atoms with Crippen LogP contribution in [0.3, 0.4) is 0 Å². The van der Waals surface area contributed by atoms with E-state index in [0.717, 1.165) is 18.5 Å². The number of piperidine rings is 2. The molecule has 0 aromatic carbocycles. The molecule has 0 spiro atoms. The maximum absolute atomic E-state index is 4.52. The van der Waals surface area contributed by atoms with Gasteiger partial charge in [0.25, 0.3) is 0 Å². The van der Waals surface area contributed by atoms with Gasteiger partial charge < -0.3 is 5.32 Å². The molecule has 1 aromatic rings. The molecule has 3 nitrogen and oxygen atoms in total. The molecule has 98 valence electrons. The van der Waals surface area contributed by atoms with Crippen molar-refractivity contribution in [2.45, 2.75) is 38.8 Å². The average Bonchev–Trinajstić information content (AvgIpc) is 2.41. The minimum Gasteiger partial charge on any atom is -0.314 e. The van der Waals surface area contributed by atoms with Crippen LogP contribution in [0.5, 0.6) is 0 Å². The van der Waals surface area contributed by atoms with Crippen molar-refractivity contribution in [3.05, 3.63) is 29.6 Å². The summed E-state index contributed by atoms with van der Waals surface area (Å²) in [6.45, 7) is 6.87. The Kier molecular flexibility index (Phi) is 3.62. The van der Waals surface area contributed by atoms with Gasteiger partial charge in [0, 0.05) is 31.9 Å². The van der Waals surface area contributed by atoms with Crippen LogP contribution >= 0.6 is 0 Å². The highest BCUT2D eigenvalue weighted by molar-refractivity contribution is 5.17. The van der Waals surface area contributed by atoms with Crippen LogP contribution in [0.1, 0.15) is 30.5 Å². The number of fused-ring (bicyclic) bond motifs is 1. The van der Waals surface area contributed by atoms with Gasteiger partial charge in [0.15, 0.2) is 0 Å². The van der Waals surface area contributed by atoms with Crippen LogP contribution in [0.25, 0.3) is 0 Å². The molecule has 18 heavy (non-hydrogen) atoms. The standard InChI is InChI=1S/C15H23N3/c1-12-4-2-7-17-15(12)11-18-9-6-14-13(10-18)5-3-8-16-14/h2,4,7,13-14,16H,3,5-6,8-11H2,1H3. The quantitative estimate of drug-likeness (QED) is 0.863. The molecular formula is C15H23N3. The van der Waals surface area contributed by atoms with Gasteiger partial charge in [-0.3, -0.25) is 9.88 Å². The van der Waals surface area contributed by atoms with Gasteiger partial charge in [0.2, 0.25) is 0 Å². The van der Waals surface area contributed by atoms with E-state index in [9.17, 15) is 0 Å². The number of pyridine rings is 1. The summed E-state index contributed by atoms with van der Waals surface area (Å²) in [5.74, 6) is 0.858. The third-order valence-electron chi connectivity index (χ3n) is 4.47. The van der Waals surface area contributed by atoms with Crippen molar-refractivity contribution >= 4 is 0 Å². The van der Waals surface area contributed by atoms with E-state index >= 15 is 0 Å². The zero-order valence-electron chi connectivity index (χ0n) is 11.2. The maximum Gasteiger partial charge on any atom is 0.0573 e. The lowest BCUT2D eigenvalue weighted by atomic mass is 9.85. The normalized spacial score (nSPS) is 28.9. The van der Waals surface area contributed by atoms with E-state index in [1.54, 1.807) is 0 Å². The van der Waals surface area contributed by atoms with Crippen molar-refractivity contribution in [1.29, 1.82) is 0 Å². The Bertz CT molecular complexity index is 404. The van der Waals surface area contributed by atoms with Gasteiger partial charge in [-0.1, -0.05) is 6.07 Å². The minimum atomic E-state index is 0.778. The van der Waals surface area contributed by atoms with Crippen LogP contribution in [0.4, 0.5) is 0 Å². The molecule has 3 heterocycles. The second kappa shape index (κ2) is 5.37. The molecule has 2 unspecified atom stereocenters. The summed E-state index contributed by atoms with van der Waals surface area (Å²) in [6.07, 6.45) is 5.96. The summed E-state index contributed by atoms with van der Waals surface area (Å²) in [5.41, 5.74) is 2.57. The molecule has 2 saturated heterocycles. The molecule has 0 saturated carbocycles. The Morgan fingerprint density at radius 1 is 1.44 bits per heavy atom. The van der Waals surface area contributed by atoms with E-state index in [1.807, 2.05) is 12.3 Å². The zero-order valence-corrected chi connectivity index (χ0v) is 11.2. The van der Waals surface area contributed by atoms with Gasteiger partial charge in [-0.25, -0.2) is 0 Å². The van der Waals surface area contributed by atoms with Gasteiger partial charge in [0.05, 0.1) is 5.69 Å². The van der Waals surface area contributed by atoms with Gasteiger partial charge in [-0.2, -0.15) is 0 Å². The number of aromatic nitrogens is 1. The van der Waals surface area contributed by atoms with Crippen molar-refractivity contribution in [3.8, 4) is 0 Å². The van der Waals surface area contributed by atoms with Gasteiger partial charge >= 0.3 is 0 Å². The molecule has 3 rings (SSSR count). The first kappa shape index (κ1) is 12.1. The maximum atomic E-state index is 4.52. The fourth-order valence-electron chi connectivity index (χ4n) is 3.36. The number of nitrogens with one attached hydrogen (secondary N) is 1. The minimum absolute atomic E-state index is 0.778. The zero-order chi connectivity index (χ0) is 12.4. The predicted octanol–water partition coefficient (Wildman–Crippen LogP) is 1.96. The molecule has 1 aromatic heterocycles. The van der Waals surface area contributed by atoms with Crippen LogP contribution in [0.15, 0.2) is 18.3 Å². The lowest BCUT2D eigenvalue weighted by Crippen LogP contribution is -2.51. The third-order valence-corrected chi connectivity index (χ3v) is 4.47. The first-order valence-corrected chi connectivity index (χ1v) is 7.19. The summed E-state index contributed by atoms with van der Waals surface area (Å²) in [7, 11) is 0. The summed E-state index contributed by atoms with van der Waals surface area (Å²) in [6, 6.07) is 4.97. The number of hydrogen-bond acceptors (Lipinski definition) is 3. The Morgan fingerprint density at radius 2 is 2.39 bits per heavy atom. The number of hydrogen-bond donors (Lipinski definition) is 1. The number of likely N-dealkylation sites (tertiary alicyclic amines) is 1. The SMILES string of the molecule is Cc1cccnc1CN1CCC2NCCCC2C1. The first-order chi connectivity index (χ1) is 8.83. The molecule has 0 aliphatic carbocycles. The Labute approximate surface area is 110 Å². The van der Waals surface area contributed by atoms with E-state index in [4.69, 9.17) is 0 Å². The summed E-state index contributed by atoms with van der Waals surface area (Å²) in [5, 5.41) is 3.67. The third kappa shape index (κ3) is 2.57. The molecule has 2 aliphatic rings. The largest absolute Gasteiger partial charge is 0.314 e. The molecule has 1 N–H and O–H groups in total. The summed E-state index contributed by atoms with van der Waals surface area (Å²) >= 11 is 0. The first-order valence-electron chi connectivity index (χ1n) is 7.19. The Balaban J connectivity index is 1.63.